The summed E-state index contributed by atoms with van der Waals surface area (Å²) < 4.78 is 1.52. The second-order valence-electron chi connectivity index (χ2n) is 5.63. The van der Waals surface area contributed by atoms with E-state index in [1.54, 1.807) is 5.56 Å². The second kappa shape index (κ2) is 5.64. The van der Waals surface area contributed by atoms with Crippen LogP contribution in [0.5, 0.6) is 0 Å². The molecule has 1 aliphatic rings. The van der Waals surface area contributed by atoms with Gasteiger partial charge in [-0.05, 0) is 54.7 Å². The van der Waals surface area contributed by atoms with Crippen molar-refractivity contribution in [2.45, 2.75) is 45.1 Å². The van der Waals surface area contributed by atoms with Crippen molar-refractivity contribution >= 4 is 21.4 Å². The topological polar surface area (TPSA) is 3.24 Å². The molecule has 0 spiro atoms. The smallest absolute Gasteiger partial charge is 0.0378 e. The van der Waals surface area contributed by atoms with Gasteiger partial charge in [0.2, 0.25) is 0 Å². The predicted molar refractivity (Wildman–Crippen MR) is 85.1 cm³/mol. The van der Waals surface area contributed by atoms with Gasteiger partial charge in [-0.2, -0.15) is 0 Å². The van der Waals surface area contributed by atoms with Crippen LogP contribution in [-0.4, -0.2) is 24.0 Å². The summed E-state index contributed by atoms with van der Waals surface area (Å²) >= 11 is 1.90. The number of benzene rings is 1. The van der Waals surface area contributed by atoms with Crippen LogP contribution in [0.2, 0.25) is 0 Å². The molecule has 19 heavy (non-hydrogen) atoms. The lowest BCUT2D eigenvalue weighted by molar-refractivity contribution is 0.260. The van der Waals surface area contributed by atoms with Crippen molar-refractivity contribution in [1.29, 1.82) is 0 Å². The monoisotopic (exact) mass is 273 g/mol. The standard InChI is InChI=1S/C17H23NS/c1-3-9-18(10-4-2)16-12-15(16)14-7-5-6-13-8-11-19-17(13)14/h5-8,11,15-16H,3-4,9-10,12H2,1-2H3. The van der Waals surface area contributed by atoms with E-state index in [1.165, 1.54) is 42.4 Å². The normalized spacial score (nSPS) is 22.3. The van der Waals surface area contributed by atoms with Gasteiger partial charge in [0.05, 0.1) is 0 Å². The van der Waals surface area contributed by atoms with Gasteiger partial charge in [-0.3, -0.25) is 4.90 Å². The third-order valence-corrected chi connectivity index (χ3v) is 5.14. The first-order valence-corrected chi connectivity index (χ1v) is 8.43. The average Bonchev–Trinajstić information content (AvgIpc) is 3.06. The van der Waals surface area contributed by atoms with E-state index in [0.717, 1.165) is 12.0 Å². The fraction of sp³-hybridized carbons (Fsp3) is 0.529. The van der Waals surface area contributed by atoms with Gasteiger partial charge in [-0.15, -0.1) is 11.3 Å². The molecular formula is C17H23NS. The van der Waals surface area contributed by atoms with E-state index in [1.807, 2.05) is 11.3 Å². The number of thiophene rings is 1. The van der Waals surface area contributed by atoms with Gasteiger partial charge in [-0.25, -0.2) is 0 Å². The Balaban J connectivity index is 1.80. The molecule has 1 nitrogen and oxygen atoms in total. The summed E-state index contributed by atoms with van der Waals surface area (Å²) in [5.41, 5.74) is 1.59. The van der Waals surface area contributed by atoms with Gasteiger partial charge in [0, 0.05) is 16.7 Å². The van der Waals surface area contributed by atoms with Crippen molar-refractivity contribution in [2.75, 3.05) is 13.1 Å². The van der Waals surface area contributed by atoms with Crippen molar-refractivity contribution in [3.63, 3.8) is 0 Å². The van der Waals surface area contributed by atoms with Crippen molar-refractivity contribution in [2.24, 2.45) is 0 Å². The predicted octanol–water partition coefficient (Wildman–Crippen LogP) is 4.88. The molecule has 0 N–H and O–H groups in total. The van der Waals surface area contributed by atoms with Crippen molar-refractivity contribution in [3.8, 4) is 0 Å². The molecule has 2 atom stereocenters. The summed E-state index contributed by atoms with van der Waals surface area (Å²) in [7, 11) is 0. The number of rotatable bonds is 6. The van der Waals surface area contributed by atoms with Crippen LogP contribution in [0.15, 0.2) is 29.6 Å². The minimum atomic E-state index is 0.778. The lowest BCUT2D eigenvalue weighted by Gasteiger charge is -2.21. The molecule has 102 valence electrons. The van der Waals surface area contributed by atoms with E-state index in [9.17, 15) is 0 Å². The maximum atomic E-state index is 2.71. The molecule has 2 unspecified atom stereocenters. The average molecular weight is 273 g/mol. The first-order chi connectivity index (χ1) is 9.35. The van der Waals surface area contributed by atoms with Gasteiger partial charge >= 0.3 is 0 Å². The van der Waals surface area contributed by atoms with Crippen LogP contribution >= 0.6 is 11.3 Å². The molecule has 0 amide bonds. The van der Waals surface area contributed by atoms with Crippen LogP contribution in [0.1, 0.15) is 44.6 Å². The maximum absolute atomic E-state index is 2.71. The molecule has 3 rings (SSSR count). The summed E-state index contributed by atoms with van der Waals surface area (Å²) in [6, 6.07) is 9.86. The van der Waals surface area contributed by atoms with Crippen LogP contribution in [0.3, 0.4) is 0 Å². The fourth-order valence-corrected chi connectivity index (χ4v) is 4.22. The molecule has 1 aromatic heterocycles. The summed E-state index contributed by atoms with van der Waals surface area (Å²) in [6.45, 7) is 7.10. The minimum Gasteiger partial charge on any atom is -0.300 e. The third-order valence-electron chi connectivity index (χ3n) is 4.16. The lowest BCUT2D eigenvalue weighted by Crippen LogP contribution is -2.28. The van der Waals surface area contributed by atoms with Crippen LogP contribution in [-0.2, 0) is 0 Å². The Morgan fingerprint density at radius 3 is 2.68 bits per heavy atom. The lowest BCUT2D eigenvalue weighted by atomic mass is 10.1. The summed E-state index contributed by atoms with van der Waals surface area (Å²) in [6.07, 6.45) is 3.90. The highest BCUT2D eigenvalue weighted by atomic mass is 32.1. The van der Waals surface area contributed by atoms with Gasteiger partial charge in [0.15, 0.2) is 0 Å². The maximum Gasteiger partial charge on any atom is 0.0378 e. The van der Waals surface area contributed by atoms with E-state index in [4.69, 9.17) is 0 Å². The molecular weight excluding hydrogens is 250 g/mol. The van der Waals surface area contributed by atoms with E-state index < -0.39 is 0 Å². The zero-order chi connectivity index (χ0) is 13.2. The Morgan fingerprint density at radius 1 is 1.16 bits per heavy atom. The Hall–Kier alpha value is -0.860. The molecule has 0 aliphatic heterocycles. The Bertz CT molecular complexity index is 539. The highest BCUT2D eigenvalue weighted by Gasteiger charge is 2.42. The summed E-state index contributed by atoms with van der Waals surface area (Å²) in [4.78, 5) is 2.71. The molecule has 1 fully saturated rings. The van der Waals surface area contributed by atoms with Crippen molar-refractivity contribution < 1.29 is 0 Å². The number of nitrogens with zero attached hydrogens (tertiary/aromatic N) is 1. The zero-order valence-electron chi connectivity index (χ0n) is 11.9. The minimum absolute atomic E-state index is 0.778. The second-order valence-corrected chi connectivity index (χ2v) is 6.55. The molecule has 2 heteroatoms. The molecule has 0 bridgehead atoms. The Morgan fingerprint density at radius 2 is 1.95 bits per heavy atom. The third kappa shape index (κ3) is 2.56. The van der Waals surface area contributed by atoms with Crippen molar-refractivity contribution in [3.05, 3.63) is 35.2 Å². The first-order valence-electron chi connectivity index (χ1n) is 7.55. The van der Waals surface area contributed by atoms with Crippen LogP contribution in [0.4, 0.5) is 0 Å². The van der Waals surface area contributed by atoms with E-state index in [-0.39, 0.29) is 0 Å². The summed E-state index contributed by atoms with van der Waals surface area (Å²) in [5, 5.41) is 3.65. The van der Waals surface area contributed by atoms with E-state index >= 15 is 0 Å². The number of fused-ring (bicyclic) bond motifs is 1. The van der Waals surface area contributed by atoms with Gasteiger partial charge in [0.25, 0.3) is 0 Å². The molecule has 1 saturated carbocycles. The van der Waals surface area contributed by atoms with Gasteiger partial charge < -0.3 is 0 Å². The Labute approximate surface area is 120 Å². The molecule has 0 radical (unpaired) electrons. The molecule has 1 aromatic carbocycles. The van der Waals surface area contributed by atoms with Crippen molar-refractivity contribution in [1.82, 2.24) is 4.90 Å². The Kier molecular flexibility index (Phi) is 3.90. The number of hydrogen-bond donors (Lipinski definition) is 0. The van der Waals surface area contributed by atoms with E-state index in [0.29, 0.717) is 0 Å². The largest absolute Gasteiger partial charge is 0.300 e. The molecule has 1 heterocycles. The van der Waals surface area contributed by atoms with Crippen LogP contribution in [0, 0.1) is 0 Å². The highest BCUT2D eigenvalue weighted by Crippen LogP contribution is 2.47. The number of hydrogen-bond acceptors (Lipinski definition) is 2. The molecule has 0 saturated heterocycles. The SMILES string of the molecule is CCCN(CCC)C1CC1c1cccc2ccsc12. The zero-order valence-corrected chi connectivity index (χ0v) is 12.7. The van der Waals surface area contributed by atoms with E-state index in [2.05, 4.69) is 48.4 Å². The fourth-order valence-electron chi connectivity index (χ4n) is 3.25. The van der Waals surface area contributed by atoms with Gasteiger partial charge in [0.1, 0.15) is 0 Å². The highest BCUT2D eigenvalue weighted by molar-refractivity contribution is 7.17. The first kappa shape index (κ1) is 13.1. The molecule has 1 aliphatic carbocycles. The van der Waals surface area contributed by atoms with Crippen LogP contribution < -0.4 is 0 Å². The van der Waals surface area contributed by atoms with Crippen LogP contribution in [0.25, 0.3) is 10.1 Å². The quantitative estimate of drug-likeness (QED) is 0.725. The van der Waals surface area contributed by atoms with Gasteiger partial charge in [-0.1, -0.05) is 32.0 Å². The molecule has 2 aromatic rings. The summed E-state index contributed by atoms with van der Waals surface area (Å²) in [5.74, 6) is 0.778.